The van der Waals surface area contributed by atoms with Crippen LogP contribution >= 0.6 is 0 Å². The maximum atomic E-state index is 5.13. The Kier molecular flexibility index (Phi) is 7.54. The molecule has 0 amide bonds. The summed E-state index contributed by atoms with van der Waals surface area (Å²) in [6.45, 7) is 0.863. The van der Waals surface area contributed by atoms with Crippen LogP contribution in [0.4, 0.5) is 0 Å². The lowest BCUT2D eigenvalue weighted by Crippen LogP contribution is -2.21. The molecule has 17 heavy (non-hydrogen) atoms. The van der Waals surface area contributed by atoms with E-state index >= 15 is 0 Å². The molecule has 0 bridgehead atoms. The molecule has 0 aliphatic heterocycles. The average molecular weight is 249 g/mol. The Balaban J connectivity index is 2.10. The van der Waals surface area contributed by atoms with Crippen molar-refractivity contribution < 1.29 is 9.47 Å². The van der Waals surface area contributed by atoms with Gasteiger partial charge in [-0.2, -0.15) is 0 Å². The van der Waals surface area contributed by atoms with E-state index < -0.39 is 0 Å². The van der Waals surface area contributed by atoms with Crippen LogP contribution < -0.4 is 0 Å². The summed E-state index contributed by atoms with van der Waals surface area (Å²) >= 11 is 0. The molecule has 3 nitrogen and oxygen atoms in total. The molecule has 0 unspecified atom stereocenters. The minimum atomic E-state index is -0.0481. The van der Waals surface area contributed by atoms with Crippen LogP contribution in [0.25, 0.3) is 0 Å². The van der Waals surface area contributed by atoms with E-state index in [1.807, 2.05) is 24.4 Å². The fourth-order valence-electron chi connectivity index (χ4n) is 1.36. The van der Waals surface area contributed by atoms with Crippen LogP contribution in [0.5, 0.6) is 0 Å². The van der Waals surface area contributed by atoms with Crippen molar-refractivity contribution in [2.24, 2.45) is 4.99 Å². The number of ether oxygens (including phenoxy) is 2. The summed E-state index contributed by atoms with van der Waals surface area (Å²) in [5.74, 6) is -0.0481. The van der Waals surface area contributed by atoms with Crippen molar-refractivity contribution in [2.75, 3.05) is 20.8 Å². The van der Waals surface area contributed by atoms with Crippen molar-refractivity contribution in [1.82, 2.24) is 0 Å². The first-order chi connectivity index (χ1) is 8.36. The zero-order chi connectivity index (χ0) is 12.3. The Morgan fingerprint density at radius 3 is 2.59 bits per heavy atom. The van der Waals surface area contributed by atoms with Crippen molar-refractivity contribution in [2.45, 2.75) is 18.4 Å². The van der Waals surface area contributed by atoms with Gasteiger partial charge in [0.15, 0.2) is 0 Å². The highest BCUT2D eigenvalue weighted by atomic mass is 28.2. The molecule has 0 fully saturated rings. The van der Waals surface area contributed by atoms with Crippen LogP contribution in [0, 0.1) is 0 Å². The maximum absolute atomic E-state index is 5.13. The van der Waals surface area contributed by atoms with Gasteiger partial charge < -0.3 is 9.47 Å². The maximum Gasteiger partial charge on any atom is 0.136 e. The summed E-state index contributed by atoms with van der Waals surface area (Å²) in [5.41, 5.74) is 1.15. The second kappa shape index (κ2) is 9.10. The molecular weight excluding hydrogens is 230 g/mol. The van der Waals surface area contributed by atoms with Gasteiger partial charge in [0.2, 0.25) is 0 Å². The number of methoxy groups -OCH3 is 2. The molecular formula is C13H19NO2Si. The molecule has 0 aromatic heterocycles. The molecule has 1 rings (SSSR count). The summed E-state index contributed by atoms with van der Waals surface area (Å²) < 4.78 is 10.3. The second-order valence-electron chi connectivity index (χ2n) is 3.56. The van der Waals surface area contributed by atoms with E-state index in [9.17, 15) is 0 Å². The zero-order valence-corrected chi connectivity index (χ0v) is 11.4. The Morgan fingerprint density at radius 1 is 1.24 bits per heavy atom. The predicted octanol–water partition coefficient (Wildman–Crippen LogP) is 2.19. The SMILES string of the molecule is COC(OC)[Si]CCCN=Cc1ccccc1. The van der Waals surface area contributed by atoms with E-state index in [2.05, 4.69) is 17.1 Å². The van der Waals surface area contributed by atoms with Gasteiger partial charge >= 0.3 is 0 Å². The minimum Gasteiger partial charge on any atom is -0.360 e. The predicted molar refractivity (Wildman–Crippen MR) is 71.9 cm³/mol. The molecule has 2 radical (unpaired) electrons. The summed E-state index contributed by atoms with van der Waals surface area (Å²) in [6, 6.07) is 11.2. The van der Waals surface area contributed by atoms with Gasteiger partial charge in [-0.3, -0.25) is 4.99 Å². The van der Waals surface area contributed by atoms with Crippen LogP contribution in [-0.2, 0) is 9.47 Å². The van der Waals surface area contributed by atoms with E-state index in [0.29, 0.717) is 9.52 Å². The summed E-state index contributed by atoms with van der Waals surface area (Å²) in [6.07, 6.45) is 3.00. The van der Waals surface area contributed by atoms with Gasteiger partial charge in [0, 0.05) is 27.0 Å². The first-order valence-electron chi connectivity index (χ1n) is 5.70. The highest BCUT2D eigenvalue weighted by Crippen LogP contribution is 1.98. The Bertz CT molecular complexity index is 312. The lowest BCUT2D eigenvalue weighted by Gasteiger charge is -2.11. The standard InChI is InChI=1S/C13H19NO2Si/c1-15-13(16-2)17-10-6-9-14-11-12-7-4-3-5-8-12/h3-5,7-8,11,13H,6,9-10H2,1-2H3. The van der Waals surface area contributed by atoms with E-state index in [-0.39, 0.29) is 5.91 Å². The molecule has 1 aromatic carbocycles. The summed E-state index contributed by atoms with van der Waals surface area (Å²) in [7, 11) is 4.03. The van der Waals surface area contributed by atoms with Crippen molar-refractivity contribution in [3.8, 4) is 0 Å². The van der Waals surface area contributed by atoms with Crippen LogP contribution in [0.3, 0.4) is 0 Å². The molecule has 92 valence electrons. The van der Waals surface area contributed by atoms with Gasteiger partial charge in [0.1, 0.15) is 15.4 Å². The van der Waals surface area contributed by atoms with Gasteiger partial charge in [0.05, 0.1) is 0 Å². The number of aliphatic imine (C=N–C) groups is 1. The molecule has 0 heterocycles. The number of rotatable bonds is 8. The fourth-order valence-corrected chi connectivity index (χ4v) is 2.29. The van der Waals surface area contributed by atoms with Crippen molar-refractivity contribution in [1.29, 1.82) is 0 Å². The number of benzene rings is 1. The molecule has 4 heteroatoms. The first kappa shape index (κ1) is 14.1. The smallest absolute Gasteiger partial charge is 0.136 e. The fraction of sp³-hybridized carbons (Fsp3) is 0.462. The Hall–Kier alpha value is -0.973. The molecule has 0 aliphatic rings. The Morgan fingerprint density at radius 2 is 1.94 bits per heavy atom. The van der Waals surface area contributed by atoms with E-state index in [0.717, 1.165) is 24.6 Å². The van der Waals surface area contributed by atoms with Crippen LogP contribution in [0.1, 0.15) is 12.0 Å². The topological polar surface area (TPSA) is 30.8 Å². The molecule has 0 saturated carbocycles. The van der Waals surface area contributed by atoms with Crippen LogP contribution in [-0.4, -0.2) is 42.4 Å². The molecule has 1 aromatic rings. The first-order valence-corrected chi connectivity index (χ1v) is 6.99. The van der Waals surface area contributed by atoms with Gasteiger partial charge in [-0.25, -0.2) is 0 Å². The number of hydrogen-bond donors (Lipinski definition) is 0. The third-order valence-corrected chi connectivity index (χ3v) is 3.69. The molecule has 0 N–H and O–H groups in total. The van der Waals surface area contributed by atoms with Gasteiger partial charge in [-0.15, -0.1) is 0 Å². The van der Waals surface area contributed by atoms with E-state index in [1.54, 1.807) is 14.2 Å². The quantitative estimate of drug-likeness (QED) is 0.306. The van der Waals surface area contributed by atoms with Gasteiger partial charge in [0.25, 0.3) is 0 Å². The lowest BCUT2D eigenvalue weighted by atomic mass is 10.2. The zero-order valence-electron chi connectivity index (χ0n) is 10.4. The largest absolute Gasteiger partial charge is 0.360 e. The normalized spacial score (nSPS) is 11.5. The second-order valence-corrected chi connectivity index (χ2v) is 4.94. The van der Waals surface area contributed by atoms with Crippen molar-refractivity contribution in [3.05, 3.63) is 35.9 Å². The third kappa shape index (κ3) is 6.36. The van der Waals surface area contributed by atoms with E-state index in [4.69, 9.17) is 9.47 Å². The average Bonchev–Trinajstić information content (AvgIpc) is 2.39. The van der Waals surface area contributed by atoms with Gasteiger partial charge in [-0.05, 0) is 12.0 Å². The monoisotopic (exact) mass is 249 g/mol. The lowest BCUT2D eigenvalue weighted by molar-refractivity contribution is -0.0441. The number of nitrogens with zero attached hydrogens (tertiary/aromatic N) is 1. The number of hydrogen-bond acceptors (Lipinski definition) is 3. The molecule has 0 saturated heterocycles. The summed E-state index contributed by atoms with van der Waals surface area (Å²) in [4.78, 5) is 4.39. The Labute approximate surface area is 106 Å². The van der Waals surface area contributed by atoms with E-state index in [1.165, 1.54) is 0 Å². The van der Waals surface area contributed by atoms with Crippen LogP contribution in [0.2, 0.25) is 6.04 Å². The van der Waals surface area contributed by atoms with Crippen molar-refractivity contribution in [3.63, 3.8) is 0 Å². The molecule has 0 spiro atoms. The molecule has 0 aliphatic carbocycles. The van der Waals surface area contributed by atoms with Crippen molar-refractivity contribution >= 4 is 15.7 Å². The molecule has 0 atom stereocenters. The minimum absolute atomic E-state index is 0.0481. The van der Waals surface area contributed by atoms with Crippen LogP contribution in [0.15, 0.2) is 35.3 Å². The highest BCUT2D eigenvalue weighted by Gasteiger charge is 2.04. The highest BCUT2D eigenvalue weighted by molar-refractivity contribution is 6.36. The summed E-state index contributed by atoms with van der Waals surface area (Å²) in [5, 5.41) is 0. The van der Waals surface area contributed by atoms with Gasteiger partial charge in [-0.1, -0.05) is 36.4 Å². The third-order valence-electron chi connectivity index (χ3n) is 2.24.